The van der Waals surface area contributed by atoms with Crippen LogP contribution >= 0.6 is 23.2 Å². The monoisotopic (exact) mass is 487 g/mol. The smallest absolute Gasteiger partial charge is 0.255 e. The average molecular weight is 488 g/mol. The summed E-state index contributed by atoms with van der Waals surface area (Å²) in [4.78, 5) is 18.1. The molecule has 1 aromatic heterocycles. The number of aromatic nitrogens is 3. The first-order valence-electron chi connectivity index (χ1n) is 10.4. The third-order valence-electron chi connectivity index (χ3n) is 5.31. The highest BCUT2D eigenvalue weighted by molar-refractivity contribution is 6.42. The summed E-state index contributed by atoms with van der Waals surface area (Å²) in [5, 5.41) is 20.7. The van der Waals surface area contributed by atoms with Crippen LogP contribution in [0.5, 0.6) is 5.75 Å². The van der Waals surface area contributed by atoms with Gasteiger partial charge in [0.15, 0.2) is 5.82 Å². The topological polar surface area (TPSA) is 101 Å². The minimum Gasteiger partial charge on any atom is -0.495 e. The van der Waals surface area contributed by atoms with Crippen LogP contribution in [0, 0.1) is 0 Å². The second-order valence-electron chi connectivity index (χ2n) is 7.52. The number of aliphatic hydroxyl groups excluding tert-OH is 1. The van der Waals surface area contributed by atoms with E-state index in [0.717, 1.165) is 5.56 Å². The van der Waals surface area contributed by atoms with Gasteiger partial charge in [0.1, 0.15) is 11.8 Å². The number of halogens is 2. The number of nitrogens with one attached hydrogen (secondary N) is 2. The predicted molar refractivity (Wildman–Crippen MR) is 128 cm³/mol. The normalized spacial score (nSPS) is 15.1. The Morgan fingerprint density at radius 2 is 2.03 bits per heavy atom. The number of aliphatic hydroxyl groups is 1. The van der Waals surface area contributed by atoms with Gasteiger partial charge in [-0.3, -0.25) is 4.79 Å². The standard InChI is InChI=1S/C23H23Cl2N5O3/c1-13-20(22(32)27-17-6-3-4-7-18(17)33-2)21(14-9-10-15(24)16(25)12-14)30-23(26-13)28-19(29-30)8-5-11-31/h3-4,6-7,9-10,12,21,31H,5,8,11H2,1-2H3,(H,27,32)(H,26,28,29)/t21-/m0/s1. The van der Waals surface area contributed by atoms with Crippen LogP contribution in [0.15, 0.2) is 53.7 Å². The van der Waals surface area contributed by atoms with Crippen molar-refractivity contribution in [3.05, 3.63) is 75.2 Å². The van der Waals surface area contributed by atoms with Gasteiger partial charge in [0, 0.05) is 18.7 Å². The maximum absolute atomic E-state index is 13.6. The van der Waals surface area contributed by atoms with Crippen molar-refractivity contribution in [2.45, 2.75) is 25.8 Å². The maximum atomic E-state index is 13.6. The van der Waals surface area contributed by atoms with Crippen molar-refractivity contribution in [1.82, 2.24) is 14.8 Å². The summed E-state index contributed by atoms with van der Waals surface area (Å²) in [6, 6.07) is 11.8. The molecule has 8 nitrogen and oxygen atoms in total. The molecule has 33 heavy (non-hydrogen) atoms. The van der Waals surface area contributed by atoms with Gasteiger partial charge in [-0.05, 0) is 43.2 Å². The third kappa shape index (κ3) is 4.68. The Hall–Kier alpha value is -3.07. The van der Waals surface area contributed by atoms with Crippen molar-refractivity contribution in [3.8, 4) is 5.75 Å². The van der Waals surface area contributed by atoms with E-state index in [2.05, 4.69) is 20.7 Å². The van der Waals surface area contributed by atoms with E-state index in [1.165, 1.54) is 0 Å². The number of hydrogen-bond acceptors (Lipinski definition) is 6. The Morgan fingerprint density at radius 1 is 1.24 bits per heavy atom. The maximum Gasteiger partial charge on any atom is 0.255 e. The minimum absolute atomic E-state index is 0.0391. The molecule has 10 heteroatoms. The molecule has 0 unspecified atom stereocenters. The molecule has 0 radical (unpaired) electrons. The van der Waals surface area contributed by atoms with Gasteiger partial charge >= 0.3 is 0 Å². The van der Waals surface area contributed by atoms with Gasteiger partial charge in [-0.25, -0.2) is 4.68 Å². The molecule has 0 spiro atoms. The molecule has 0 bridgehead atoms. The lowest BCUT2D eigenvalue weighted by Crippen LogP contribution is -2.31. The molecule has 0 saturated carbocycles. The molecule has 3 N–H and O–H groups in total. The molecular weight excluding hydrogens is 465 g/mol. The van der Waals surface area contributed by atoms with Gasteiger partial charge in [-0.15, -0.1) is 0 Å². The number of allylic oxidation sites excluding steroid dienone is 1. The first-order valence-corrected chi connectivity index (χ1v) is 11.1. The quantitative estimate of drug-likeness (QED) is 0.455. The molecule has 3 aromatic rings. The Labute approximate surface area is 201 Å². The zero-order valence-corrected chi connectivity index (χ0v) is 19.6. The molecule has 1 aliphatic heterocycles. The largest absolute Gasteiger partial charge is 0.495 e. The lowest BCUT2D eigenvalue weighted by atomic mass is 9.95. The molecular formula is C23H23Cl2N5O3. The molecule has 0 saturated heterocycles. The van der Waals surface area contributed by atoms with Crippen LogP contribution in [0.2, 0.25) is 10.0 Å². The summed E-state index contributed by atoms with van der Waals surface area (Å²) >= 11 is 12.5. The zero-order chi connectivity index (χ0) is 23.5. The molecule has 1 amide bonds. The summed E-state index contributed by atoms with van der Waals surface area (Å²) in [5.41, 5.74) is 2.36. The number of rotatable bonds is 7. The molecule has 2 aromatic carbocycles. The van der Waals surface area contributed by atoms with E-state index < -0.39 is 6.04 Å². The van der Waals surface area contributed by atoms with Crippen molar-refractivity contribution >= 4 is 40.7 Å². The second-order valence-corrected chi connectivity index (χ2v) is 8.33. The number of nitrogens with zero attached hydrogens (tertiary/aromatic N) is 3. The molecule has 172 valence electrons. The highest BCUT2D eigenvalue weighted by atomic mass is 35.5. The number of ether oxygens (including phenoxy) is 1. The number of fused-ring (bicyclic) bond motifs is 1. The van der Waals surface area contributed by atoms with Crippen molar-refractivity contribution in [1.29, 1.82) is 0 Å². The van der Waals surface area contributed by atoms with Crippen LogP contribution in [0.4, 0.5) is 11.6 Å². The van der Waals surface area contributed by atoms with E-state index in [9.17, 15) is 9.90 Å². The van der Waals surface area contributed by atoms with Gasteiger partial charge < -0.3 is 20.5 Å². The number of benzene rings is 2. The minimum atomic E-state index is -0.596. The summed E-state index contributed by atoms with van der Waals surface area (Å²) in [6.07, 6.45) is 1.04. The van der Waals surface area contributed by atoms with Gasteiger partial charge in [0.2, 0.25) is 5.95 Å². The fourth-order valence-electron chi connectivity index (χ4n) is 3.76. The van der Waals surface area contributed by atoms with Crippen molar-refractivity contribution in [2.24, 2.45) is 0 Å². The molecule has 2 heterocycles. The van der Waals surface area contributed by atoms with Crippen molar-refractivity contribution in [3.63, 3.8) is 0 Å². The Kier molecular flexibility index (Phi) is 6.88. The van der Waals surface area contributed by atoms with E-state index in [1.807, 2.05) is 25.1 Å². The Morgan fingerprint density at radius 3 is 2.76 bits per heavy atom. The summed E-state index contributed by atoms with van der Waals surface area (Å²) < 4.78 is 7.03. The molecule has 1 atom stereocenters. The number of aryl methyl sites for hydroxylation is 1. The summed E-state index contributed by atoms with van der Waals surface area (Å²) in [5.74, 6) is 1.30. The number of methoxy groups -OCH3 is 1. The zero-order valence-electron chi connectivity index (χ0n) is 18.1. The van der Waals surface area contributed by atoms with Crippen LogP contribution in [-0.4, -0.2) is 39.5 Å². The number of carbonyl (C=O) groups excluding carboxylic acids is 1. The van der Waals surface area contributed by atoms with E-state index >= 15 is 0 Å². The average Bonchev–Trinajstić information content (AvgIpc) is 3.21. The van der Waals surface area contributed by atoms with Crippen LogP contribution in [-0.2, 0) is 11.2 Å². The van der Waals surface area contributed by atoms with Crippen LogP contribution in [0.1, 0.15) is 30.8 Å². The lowest BCUT2D eigenvalue weighted by molar-refractivity contribution is -0.113. The molecule has 0 fully saturated rings. The number of para-hydroxylation sites is 2. The summed E-state index contributed by atoms with van der Waals surface area (Å²) in [6.45, 7) is 1.85. The first-order chi connectivity index (χ1) is 15.9. The number of amides is 1. The van der Waals surface area contributed by atoms with Crippen molar-refractivity contribution in [2.75, 3.05) is 24.4 Å². The fourth-order valence-corrected chi connectivity index (χ4v) is 4.07. The highest BCUT2D eigenvalue weighted by Crippen LogP contribution is 2.38. The number of anilines is 2. The first kappa shape index (κ1) is 23.1. The van der Waals surface area contributed by atoms with Gasteiger partial charge in [0.25, 0.3) is 5.91 Å². The van der Waals surface area contributed by atoms with E-state index in [-0.39, 0.29) is 12.5 Å². The van der Waals surface area contributed by atoms with Crippen LogP contribution in [0.3, 0.4) is 0 Å². The SMILES string of the molecule is COc1ccccc1NC(=O)C1=C(C)Nc2nc(CCCO)nn2[C@H]1c1ccc(Cl)c(Cl)c1. The van der Waals surface area contributed by atoms with E-state index in [0.29, 0.717) is 57.4 Å². The molecule has 0 aliphatic carbocycles. The fraction of sp³-hybridized carbons (Fsp3) is 0.261. The third-order valence-corrected chi connectivity index (χ3v) is 6.05. The van der Waals surface area contributed by atoms with Crippen LogP contribution < -0.4 is 15.4 Å². The Balaban J connectivity index is 1.78. The van der Waals surface area contributed by atoms with E-state index in [1.54, 1.807) is 36.1 Å². The van der Waals surface area contributed by atoms with Gasteiger partial charge in [-0.2, -0.15) is 10.1 Å². The number of carbonyl (C=O) groups is 1. The summed E-state index contributed by atoms with van der Waals surface area (Å²) in [7, 11) is 1.55. The molecule has 4 rings (SSSR count). The van der Waals surface area contributed by atoms with E-state index in [4.69, 9.17) is 27.9 Å². The highest BCUT2D eigenvalue weighted by Gasteiger charge is 2.34. The van der Waals surface area contributed by atoms with Gasteiger partial charge in [-0.1, -0.05) is 41.4 Å². The second kappa shape index (κ2) is 9.82. The lowest BCUT2D eigenvalue weighted by Gasteiger charge is -2.29. The van der Waals surface area contributed by atoms with Gasteiger partial charge in [0.05, 0.1) is 28.4 Å². The molecule has 1 aliphatic rings. The Bertz CT molecular complexity index is 1220. The van der Waals surface area contributed by atoms with Crippen molar-refractivity contribution < 1.29 is 14.6 Å². The number of hydrogen-bond donors (Lipinski definition) is 3. The van der Waals surface area contributed by atoms with Crippen LogP contribution in [0.25, 0.3) is 0 Å². The predicted octanol–water partition coefficient (Wildman–Crippen LogP) is 4.45.